The molecule has 1 aromatic carbocycles. The first-order chi connectivity index (χ1) is 9.54. The first kappa shape index (κ1) is 15.3. The Labute approximate surface area is 135 Å². The molecule has 0 unspecified atom stereocenters. The van der Waals surface area contributed by atoms with Crippen molar-refractivity contribution in [2.75, 3.05) is 11.1 Å². The van der Waals surface area contributed by atoms with E-state index in [1.54, 1.807) is 6.92 Å². The third-order valence-corrected chi connectivity index (χ3v) is 4.58. The highest BCUT2D eigenvalue weighted by molar-refractivity contribution is 14.1. The summed E-state index contributed by atoms with van der Waals surface area (Å²) in [4.78, 5) is 15.9. The topological polar surface area (TPSA) is 68.0 Å². The molecule has 7 heteroatoms. The van der Waals surface area contributed by atoms with E-state index in [4.69, 9.17) is 4.52 Å². The van der Waals surface area contributed by atoms with Gasteiger partial charge in [-0.25, -0.2) is 0 Å². The van der Waals surface area contributed by atoms with E-state index in [9.17, 15) is 4.79 Å². The van der Waals surface area contributed by atoms with Crippen LogP contribution in [0.4, 0.5) is 5.69 Å². The van der Waals surface area contributed by atoms with Crippen LogP contribution in [0.1, 0.15) is 17.3 Å². The fraction of sp³-hybridized carbons (Fsp3) is 0.308. The number of aromatic nitrogens is 2. The van der Waals surface area contributed by atoms with Gasteiger partial charge in [-0.3, -0.25) is 4.79 Å². The normalized spacial score (nSPS) is 10.6. The molecule has 0 aliphatic heterocycles. The van der Waals surface area contributed by atoms with Crippen molar-refractivity contribution in [3.63, 3.8) is 0 Å². The third kappa shape index (κ3) is 4.48. The van der Waals surface area contributed by atoms with Gasteiger partial charge in [-0.2, -0.15) is 4.98 Å². The van der Waals surface area contributed by atoms with Crippen molar-refractivity contribution in [1.29, 1.82) is 0 Å². The Hall–Kier alpha value is -1.09. The van der Waals surface area contributed by atoms with Crippen LogP contribution in [-0.4, -0.2) is 21.8 Å². The summed E-state index contributed by atoms with van der Waals surface area (Å²) in [7, 11) is 0. The number of rotatable bonds is 5. The molecular weight excluding hydrogens is 389 g/mol. The molecule has 1 aromatic heterocycles. The Balaban J connectivity index is 1.79. The number of benzene rings is 1. The maximum absolute atomic E-state index is 11.8. The number of aryl methyl sites for hydroxylation is 2. The molecule has 0 fully saturated rings. The van der Waals surface area contributed by atoms with Crippen LogP contribution >= 0.6 is 34.4 Å². The number of carbonyl (C=O) groups is 1. The highest BCUT2D eigenvalue weighted by Crippen LogP contribution is 2.17. The molecule has 0 atom stereocenters. The van der Waals surface area contributed by atoms with E-state index in [2.05, 4.69) is 38.0 Å². The number of thioether (sulfide) groups is 1. The lowest BCUT2D eigenvalue weighted by Gasteiger charge is -2.06. The second-order valence-corrected chi connectivity index (χ2v) is 6.38. The number of anilines is 1. The average Bonchev–Trinajstić information content (AvgIpc) is 2.80. The van der Waals surface area contributed by atoms with Crippen molar-refractivity contribution >= 4 is 45.9 Å². The van der Waals surface area contributed by atoms with E-state index in [-0.39, 0.29) is 5.91 Å². The SMILES string of the molecule is Cc1nc(CSCC(=O)Nc2ccc(C)c(I)c2)no1. The molecule has 0 aliphatic rings. The second-order valence-electron chi connectivity index (χ2n) is 4.23. The van der Waals surface area contributed by atoms with E-state index >= 15 is 0 Å². The van der Waals surface area contributed by atoms with Crippen molar-refractivity contribution in [3.8, 4) is 0 Å². The molecule has 0 saturated carbocycles. The summed E-state index contributed by atoms with van der Waals surface area (Å²) in [5, 5.41) is 6.65. The first-order valence-electron chi connectivity index (χ1n) is 5.97. The van der Waals surface area contributed by atoms with Crippen LogP contribution in [0.2, 0.25) is 0 Å². The van der Waals surface area contributed by atoms with E-state index < -0.39 is 0 Å². The van der Waals surface area contributed by atoms with Crippen molar-refractivity contribution in [1.82, 2.24) is 10.1 Å². The summed E-state index contributed by atoms with van der Waals surface area (Å²) in [5.74, 6) is 2.05. The zero-order chi connectivity index (χ0) is 14.5. The number of halogens is 1. The van der Waals surface area contributed by atoms with Crippen LogP contribution in [-0.2, 0) is 10.5 Å². The molecule has 5 nitrogen and oxygen atoms in total. The fourth-order valence-corrected chi connectivity index (χ4v) is 2.68. The van der Waals surface area contributed by atoms with Gasteiger partial charge in [0.25, 0.3) is 0 Å². The molecule has 1 N–H and O–H groups in total. The molecule has 0 spiro atoms. The molecule has 20 heavy (non-hydrogen) atoms. The van der Waals surface area contributed by atoms with Gasteiger partial charge in [0.05, 0.1) is 11.5 Å². The summed E-state index contributed by atoms with van der Waals surface area (Å²) in [6, 6.07) is 5.86. The van der Waals surface area contributed by atoms with E-state index in [1.807, 2.05) is 25.1 Å². The predicted molar refractivity (Wildman–Crippen MR) is 87.7 cm³/mol. The lowest BCUT2D eigenvalue weighted by molar-refractivity contribution is -0.113. The van der Waals surface area contributed by atoms with Crippen molar-refractivity contribution in [2.24, 2.45) is 0 Å². The lowest BCUT2D eigenvalue weighted by atomic mass is 10.2. The molecule has 2 rings (SSSR count). The van der Waals surface area contributed by atoms with E-state index in [0.717, 1.165) is 9.26 Å². The minimum atomic E-state index is -0.0325. The Morgan fingerprint density at radius 2 is 2.25 bits per heavy atom. The molecule has 0 saturated heterocycles. The minimum Gasteiger partial charge on any atom is -0.340 e. The summed E-state index contributed by atoms with van der Waals surface area (Å²) in [6.45, 7) is 3.78. The maximum Gasteiger partial charge on any atom is 0.234 e. The van der Waals surface area contributed by atoms with Gasteiger partial charge in [0.2, 0.25) is 11.8 Å². The number of nitrogens with zero attached hydrogens (tertiary/aromatic N) is 2. The van der Waals surface area contributed by atoms with Crippen LogP contribution in [0.3, 0.4) is 0 Å². The second kappa shape index (κ2) is 7.07. The zero-order valence-corrected chi connectivity index (χ0v) is 14.1. The van der Waals surface area contributed by atoms with Gasteiger partial charge < -0.3 is 9.84 Å². The number of amides is 1. The number of hydrogen-bond acceptors (Lipinski definition) is 5. The van der Waals surface area contributed by atoms with Gasteiger partial charge in [0.1, 0.15) is 0 Å². The number of hydrogen-bond donors (Lipinski definition) is 1. The van der Waals surface area contributed by atoms with Crippen LogP contribution in [0.15, 0.2) is 22.7 Å². The van der Waals surface area contributed by atoms with Gasteiger partial charge >= 0.3 is 0 Å². The smallest absolute Gasteiger partial charge is 0.234 e. The van der Waals surface area contributed by atoms with Crippen molar-refractivity contribution < 1.29 is 9.32 Å². The average molecular weight is 403 g/mol. The van der Waals surface area contributed by atoms with Gasteiger partial charge in [-0.15, -0.1) is 11.8 Å². The van der Waals surface area contributed by atoms with Crippen molar-refractivity contribution in [3.05, 3.63) is 39.0 Å². The van der Waals surface area contributed by atoms with Crippen LogP contribution < -0.4 is 5.32 Å². The quantitative estimate of drug-likeness (QED) is 0.777. The van der Waals surface area contributed by atoms with Gasteiger partial charge in [0.15, 0.2) is 5.82 Å². The first-order valence-corrected chi connectivity index (χ1v) is 8.21. The number of nitrogens with one attached hydrogen (secondary N) is 1. The van der Waals surface area contributed by atoms with Gasteiger partial charge in [-0.05, 0) is 47.2 Å². The Bertz CT molecular complexity index is 615. The molecular formula is C13H14IN3O2S. The number of carbonyl (C=O) groups excluding carboxylic acids is 1. The highest BCUT2D eigenvalue weighted by atomic mass is 127. The summed E-state index contributed by atoms with van der Waals surface area (Å²) in [6.07, 6.45) is 0. The minimum absolute atomic E-state index is 0.0325. The monoisotopic (exact) mass is 403 g/mol. The molecule has 0 bridgehead atoms. The van der Waals surface area contributed by atoms with Crippen LogP contribution in [0, 0.1) is 17.4 Å². The summed E-state index contributed by atoms with van der Waals surface area (Å²) >= 11 is 3.71. The molecule has 0 aliphatic carbocycles. The zero-order valence-electron chi connectivity index (χ0n) is 11.1. The molecule has 2 aromatic rings. The van der Waals surface area contributed by atoms with Crippen molar-refractivity contribution in [2.45, 2.75) is 19.6 Å². The maximum atomic E-state index is 11.8. The van der Waals surface area contributed by atoms with Gasteiger partial charge in [0, 0.05) is 16.2 Å². The van der Waals surface area contributed by atoms with Gasteiger partial charge in [-0.1, -0.05) is 11.2 Å². The van der Waals surface area contributed by atoms with E-state index in [1.165, 1.54) is 17.3 Å². The Kier molecular flexibility index (Phi) is 5.41. The fourth-order valence-electron chi connectivity index (χ4n) is 1.50. The molecule has 1 amide bonds. The third-order valence-electron chi connectivity index (χ3n) is 2.49. The summed E-state index contributed by atoms with van der Waals surface area (Å²) in [5.41, 5.74) is 2.02. The summed E-state index contributed by atoms with van der Waals surface area (Å²) < 4.78 is 6.00. The largest absolute Gasteiger partial charge is 0.340 e. The lowest BCUT2D eigenvalue weighted by Crippen LogP contribution is -2.14. The van der Waals surface area contributed by atoms with Crippen LogP contribution in [0.25, 0.3) is 0 Å². The van der Waals surface area contributed by atoms with Crippen LogP contribution in [0.5, 0.6) is 0 Å². The highest BCUT2D eigenvalue weighted by Gasteiger charge is 2.07. The Morgan fingerprint density at radius 1 is 1.45 bits per heavy atom. The van der Waals surface area contributed by atoms with E-state index in [0.29, 0.717) is 23.2 Å². The predicted octanol–water partition coefficient (Wildman–Crippen LogP) is 3.16. The standard InChI is InChI=1S/C13H14IN3O2S/c1-8-3-4-10(5-11(8)14)16-13(18)7-20-6-12-15-9(2)19-17-12/h3-5H,6-7H2,1-2H3,(H,16,18). The molecule has 1 heterocycles. The Morgan fingerprint density at radius 3 is 2.90 bits per heavy atom. The molecule has 0 radical (unpaired) electrons. The molecule has 106 valence electrons.